The maximum Gasteiger partial charge on any atom is 0.259 e. The highest BCUT2D eigenvalue weighted by Gasteiger charge is 2.10. The smallest absolute Gasteiger partial charge is 0.259 e. The van der Waals surface area contributed by atoms with Crippen LogP contribution in [-0.4, -0.2) is 4.98 Å². The molecule has 0 amide bonds. The summed E-state index contributed by atoms with van der Waals surface area (Å²) >= 11 is 0. The summed E-state index contributed by atoms with van der Waals surface area (Å²) in [4.78, 5) is 4.12. The SMILES string of the molecule is CCc1ncc(C)c(N)[n+]1N. The van der Waals surface area contributed by atoms with Gasteiger partial charge in [-0.15, -0.1) is 9.66 Å². The third-order valence-corrected chi connectivity index (χ3v) is 1.67. The van der Waals surface area contributed by atoms with E-state index in [1.54, 1.807) is 6.20 Å². The molecule has 11 heavy (non-hydrogen) atoms. The molecule has 4 N–H and O–H groups in total. The Balaban J connectivity index is 3.25. The van der Waals surface area contributed by atoms with E-state index in [-0.39, 0.29) is 0 Å². The van der Waals surface area contributed by atoms with Crippen LogP contribution in [0.3, 0.4) is 0 Å². The molecule has 1 heterocycles. The van der Waals surface area contributed by atoms with E-state index >= 15 is 0 Å². The van der Waals surface area contributed by atoms with Crippen LogP contribution in [0.5, 0.6) is 0 Å². The van der Waals surface area contributed by atoms with Gasteiger partial charge in [0.05, 0.1) is 5.56 Å². The van der Waals surface area contributed by atoms with Gasteiger partial charge in [-0.1, -0.05) is 6.92 Å². The lowest BCUT2D eigenvalue weighted by atomic mass is 10.3. The minimum atomic E-state index is 0.580. The summed E-state index contributed by atoms with van der Waals surface area (Å²) in [5.74, 6) is 7.00. The number of nitrogen functional groups attached to an aromatic ring is 2. The van der Waals surface area contributed by atoms with Crippen LogP contribution in [0.15, 0.2) is 6.20 Å². The van der Waals surface area contributed by atoms with Gasteiger partial charge < -0.3 is 5.73 Å². The Hall–Kier alpha value is -1.32. The van der Waals surface area contributed by atoms with Gasteiger partial charge in [0.1, 0.15) is 6.20 Å². The van der Waals surface area contributed by atoms with E-state index < -0.39 is 0 Å². The lowest BCUT2D eigenvalue weighted by Crippen LogP contribution is -2.51. The summed E-state index contributed by atoms with van der Waals surface area (Å²) in [5.41, 5.74) is 6.56. The van der Waals surface area contributed by atoms with Gasteiger partial charge in [0.2, 0.25) is 5.82 Å². The van der Waals surface area contributed by atoms with Gasteiger partial charge in [0.15, 0.2) is 0 Å². The first-order chi connectivity index (χ1) is 5.16. The van der Waals surface area contributed by atoms with Crippen molar-refractivity contribution in [3.8, 4) is 0 Å². The Morgan fingerprint density at radius 1 is 1.64 bits per heavy atom. The van der Waals surface area contributed by atoms with E-state index in [9.17, 15) is 0 Å². The first-order valence-corrected chi connectivity index (χ1v) is 3.58. The standard InChI is InChI=1S/C7H12N4/c1-3-6-10-4-5(2)7(8)11(6)9/h4,8H,3,9H2,1-2H3/p+1. The average molecular weight is 153 g/mol. The summed E-state index contributed by atoms with van der Waals surface area (Å²) in [7, 11) is 0. The van der Waals surface area contributed by atoms with Crippen molar-refractivity contribution in [2.24, 2.45) is 0 Å². The maximum atomic E-state index is 5.66. The summed E-state index contributed by atoms with van der Waals surface area (Å²) in [6.45, 7) is 3.87. The summed E-state index contributed by atoms with van der Waals surface area (Å²) in [6, 6.07) is 0. The zero-order chi connectivity index (χ0) is 8.43. The quantitative estimate of drug-likeness (QED) is 0.423. The van der Waals surface area contributed by atoms with Crippen molar-refractivity contribution in [3.63, 3.8) is 0 Å². The molecule has 0 aliphatic heterocycles. The van der Waals surface area contributed by atoms with Gasteiger partial charge in [0.25, 0.3) is 5.82 Å². The van der Waals surface area contributed by atoms with Gasteiger partial charge in [-0.25, -0.2) is 0 Å². The zero-order valence-electron chi connectivity index (χ0n) is 6.83. The molecule has 0 saturated carbocycles. The van der Waals surface area contributed by atoms with Crippen LogP contribution in [0.25, 0.3) is 0 Å². The largest absolute Gasteiger partial charge is 0.317 e. The number of nitrogens with zero attached hydrogens (tertiary/aromatic N) is 2. The fourth-order valence-corrected chi connectivity index (χ4v) is 0.890. The molecule has 0 aliphatic carbocycles. The van der Waals surface area contributed by atoms with Crippen LogP contribution in [0.2, 0.25) is 0 Å². The molecule has 0 unspecified atom stereocenters. The molecule has 0 fully saturated rings. The fraction of sp³-hybridized carbons (Fsp3) is 0.429. The molecule has 0 saturated heterocycles. The number of nitrogens with two attached hydrogens (primary N) is 2. The van der Waals surface area contributed by atoms with Crippen LogP contribution in [0.4, 0.5) is 5.82 Å². The molecule has 4 heteroatoms. The first-order valence-electron chi connectivity index (χ1n) is 3.58. The van der Waals surface area contributed by atoms with Crippen molar-refractivity contribution in [2.45, 2.75) is 20.3 Å². The molecule has 0 bridgehead atoms. The van der Waals surface area contributed by atoms with Crippen molar-refractivity contribution < 1.29 is 4.68 Å². The second kappa shape index (κ2) is 2.74. The van der Waals surface area contributed by atoms with Crippen molar-refractivity contribution in [2.75, 3.05) is 11.6 Å². The van der Waals surface area contributed by atoms with Crippen LogP contribution >= 0.6 is 0 Å². The van der Waals surface area contributed by atoms with E-state index in [0.29, 0.717) is 5.82 Å². The lowest BCUT2D eigenvalue weighted by Gasteiger charge is -2.01. The maximum absolute atomic E-state index is 5.66. The van der Waals surface area contributed by atoms with Gasteiger partial charge >= 0.3 is 0 Å². The second-order valence-corrected chi connectivity index (χ2v) is 2.47. The van der Waals surface area contributed by atoms with Crippen molar-refractivity contribution in [3.05, 3.63) is 17.6 Å². The summed E-state index contributed by atoms with van der Waals surface area (Å²) < 4.78 is 1.43. The average Bonchev–Trinajstić information content (AvgIpc) is 2.01. The normalized spacial score (nSPS) is 10.0. The molecule has 0 atom stereocenters. The highest BCUT2D eigenvalue weighted by Crippen LogP contribution is 2.00. The molecule has 1 aromatic rings. The Labute approximate surface area is 65.8 Å². The number of rotatable bonds is 1. The van der Waals surface area contributed by atoms with E-state index in [2.05, 4.69) is 4.98 Å². The minimum absolute atomic E-state index is 0.580. The highest BCUT2D eigenvalue weighted by atomic mass is 15.3. The zero-order valence-corrected chi connectivity index (χ0v) is 6.83. The highest BCUT2D eigenvalue weighted by molar-refractivity contribution is 5.30. The van der Waals surface area contributed by atoms with E-state index in [0.717, 1.165) is 17.8 Å². The third-order valence-electron chi connectivity index (χ3n) is 1.67. The number of hydrogen-bond donors (Lipinski definition) is 2. The molecule has 0 spiro atoms. The third kappa shape index (κ3) is 1.24. The molecule has 0 aliphatic rings. The molecule has 60 valence electrons. The molecular formula is C7H13N4+. The van der Waals surface area contributed by atoms with Crippen LogP contribution in [0, 0.1) is 6.92 Å². The van der Waals surface area contributed by atoms with E-state index in [1.807, 2.05) is 13.8 Å². The van der Waals surface area contributed by atoms with Gasteiger partial charge in [0, 0.05) is 6.42 Å². The number of hydrogen-bond acceptors (Lipinski definition) is 3. The van der Waals surface area contributed by atoms with Gasteiger partial charge in [-0.2, -0.15) is 0 Å². The molecule has 1 rings (SSSR count). The monoisotopic (exact) mass is 153 g/mol. The van der Waals surface area contributed by atoms with E-state index in [1.165, 1.54) is 4.68 Å². The predicted octanol–water partition coefficient (Wildman–Crippen LogP) is -0.464. The Morgan fingerprint density at radius 3 is 2.82 bits per heavy atom. The molecular weight excluding hydrogens is 140 g/mol. The van der Waals surface area contributed by atoms with Crippen molar-refractivity contribution in [1.82, 2.24) is 4.98 Å². The molecule has 0 radical (unpaired) electrons. The van der Waals surface area contributed by atoms with Crippen LogP contribution in [0.1, 0.15) is 18.3 Å². The van der Waals surface area contributed by atoms with E-state index in [4.69, 9.17) is 11.6 Å². The fourth-order valence-electron chi connectivity index (χ4n) is 0.890. The molecule has 4 nitrogen and oxygen atoms in total. The summed E-state index contributed by atoms with van der Waals surface area (Å²) in [6.07, 6.45) is 2.53. The Bertz CT molecular complexity index is 269. The number of anilines is 1. The van der Waals surface area contributed by atoms with Gasteiger partial charge in [-0.05, 0) is 6.92 Å². The molecule has 0 aromatic carbocycles. The lowest BCUT2D eigenvalue weighted by molar-refractivity contribution is -0.635. The Kier molecular flexibility index (Phi) is 1.94. The number of aromatic nitrogens is 2. The number of aryl methyl sites for hydroxylation is 2. The predicted molar refractivity (Wildman–Crippen MR) is 43.1 cm³/mol. The topological polar surface area (TPSA) is 68.8 Å². The Morgan fingerprint density at radius 2 is 2.27 bits per heavy atom. The second-order valence-electron chi connectivity index (χ2n) is 2.47. The minimum Gasteiger partial charge on any atom is -0.317 e. The van der Waals surface area contributed by atoms with Crippen molar-refractivity contribution >= 4 is 5.82 Å². The summed E-state index contributed by atoms with van der Waals surface area (Å²) in [5, 5.41) is 0. The molecule has 1 aromatic heterocycles. The van der Waals surface area contributed by atoms with Crippen molar-refractivity contribution in [1.29, 1.82) is 0 Å². The first kappa shape index (κ1) is 7.78. The van der Waals surface area contributed by atoms with Crippen LogP contribution in [-0.2, 0) is 6.42 Å². The van der Waals surface area contributed by atoms with Crippen LogP contribution < -0.4 is 16.3 Å². The van der Waals surface area contributed by atoms with Gasteiger partial charge in [-0.3, -0.25) is 5.84 Å².